The fraction of sp³-hybridized carbons (Fsp3) is 0.273. The highest BCUT2D eigenvalue weighted by Crippen LogP contribution is 2.21. The largest absolute Gasteiger partial charge is 0.465 e. The number of halogens is 2. The summed E-state index contributed by atoms with van der Waals surface area (Å²) >= 11 is 8.95. The van der Waals surface area contributed by atoms with Crippen molar-refractivity contribution in [3.63, 3.8) is 0 Å². The number of alkyl halides is 1. The standard InChI is InChI=1S/C11H10BrClO3/c1-6(13)10(14)8-5-7(11(15)16-2)3-4-9(8)12/h3-6H,1-2H3. The summed E-state index contributed by atoms with van der Waals surface area (Å²) in [5.41, 5.74) is 0.705. The molecule has 0 bridgehead atoms. The van der Waals surface area contributed by atoms with Gasteiger partial charge in [-0.3, -0.25) is 4.79 Å². The smallest absolute Gasteiger partial charge is 0.337 e. The number of ether oxygens (including phenoxy) is 1. The number of carbonyl (C=O) groups is 2. The Morgan fingerprint density at radius 3 is 2.56 bits per heavy atom. The summed E-state index contributed by atoms with van der Waals surface area (Å²) in [7, 11) is 1.29. The summed E-state index contributed by atoms with van der Waals surface area (Å²) in [4.78, 5) is 23.0. The predicted octanol–water partition coefficient (Wildman–Crippen LogP) is 3.05. The number of benzene rings is 1. The lowest BCUT2D eigenvalue weighted by atomic mass is 10.1. The second-order valence-electron chi connectivity index (χ2n) is 3.17. The highest BCUT2D eigenvalue weighted by atomic mass is 79.9. The average Bonchev–Trinajstić information content (AvgIpc) is 2.27. The molecule has 1 unspecified atom stereocenters. The van der Waals surface area contributed by atoms with Crippen LogP contribution in [0.4, 0.5) is 0 Å². The van der Waals surface area contributed by atoms with Crippen molar-refractivity contribution in [2.75, 3.05) is 7.11 Å². The molecular formula is C11H10BrClO3. The van der Waals surface area contributed by atoms with Crippen molar-refractivity contribution in [2.45, 2.75) is 12.3 Å². The molecule has 16 heavy (non-hydrogen) atoms. The first-order valence-corrected chi connectivity index (χ1v) is 5.76. The molecule has 0 spiro atoms. The summed E-state index contributed by atoms with van der Waals surface area (Å²) < 4.78 is 5.18. The number of esters is 1. The van der Waals surface area contributed by atoms with Gasteiger partial charge in [-0.2, -0.15) is 0 Å². The van der Waals surface area contributed by atoms with E-state index >= 15 is 0 Å². The maximum absolute atomic E-state index is 11.7. The molecule has 1 atom stereocenters. The van der Waals surface area contributed by atoms with E-state index in [-0.39, 0.29) is 5.78 Å². The van der Waals surface area contributed by atoms with Gasteiger partial charge in [0.2, 0.25) is 0 Å². The number of methoxy groups -OCH3 is 1. The minimum absolute atomic E-state index is 0.237. The number of carbonyl (C=O) groups excluding carboxylic acids is 2. The molecule has 0 heterocycles. The van der Waals surface area contributed by atoms with Crippen LogP contribution >= 0.6 is 27.5 Å². The van der Waals surface area contributed by atoms with Gasteiger partial charge in [0.1, 0.15) is 0 Å². The van der Waals surface area contributed by atoms with Crippen molar-refractivity contribution >= 4 is 39.3 Å². The van der Waals surface area contributed by atoms with E-state index in [4.69, 9.17) is 11.6 Å². The minimum atomic E-state index is -0.635. The molecule has 0 aliphatic carbocycles. The summed E-state index contributed by atoms with van der Waals surface area (Å²) in [6, 6.07) is 4.67. The Kier molecular flexibility index (Phi) is 4.50. The Labute approximate surface area is 107 Å². The molecule has 3 nitrogen and oxygen atoms in total. The Bertz CT molecular complexity index is 429. The topological polar surface area (TPSA) is 43.4 Å². The van der Waals surface area contributed by atoms with Crippen LogP contribution in [0.25, 0.3) is 0 Å². The summed E-state index contributed by atoms with van der Waals surface area (Å²) in [5, 5.41) is -0.635. The van der Waals surface area contributed by atoms with E-state index in [2.05, 4.69) is 20.7 Å². The van der Waals surface area contributed by atoms with Crippen LogP contribution in [0.3, 0.4) is 0 Å². The van der Waals surface area contributed by atoms with Crippen LogP contribution in [-0.2, 0) is 4.74 Å². The molecule has 5 heteroatoms. The zero-order valence-electron chi connectivity index (χ0n) is 8.79. The van der Waals surface area contributed by atoms with E-state index in [0.29, 0.717) is 15.6 Å². The van der Waals surface area contributed by atoms with Crippen LogP contribution in [0.2, 0.25) is 0 Å². The van der Waals surface area contributed by atoms with Gasteiger partial charge in [-0.25, -0.2) is 4.79 Å². The van der Waals surface area contributed by atoms with Gasteiger partial charge in [0.15, 0.2) is 5.78 Å². The van der Waals surface area contributed by atoms with Crippen molar-refractivity contribution < 1.29 is 14.3 Å². The number of ketones is 1. The van der Waals surface area contributed by atoms with Crippen molar-refractivity contribution in [1.82, 2.24) is 0 Å². The molecule has 1 rings (SSSR count). The molecule has 0 aliphatic heterocycles. The van der Waals surface area contributed by atoms with E-state index in [9.17, 15) is 9.59 Å². The van der Waals surface area contributed by atoms with Gasteiger partial charge in [-0.05, 0) is 25.1 Å². The van der Waals surface area contributed by atoms with E-state index in [1.165, 1.54) is 13.2 Å². The Morgan fingerprint density at radius 2 is 2.06 bits per heavy atom. The van der Waals surface area contributed by atoms with E-state index in [1.54, 1.807) is 19.1 Å². The van der Waals surface area contributed by atoms with Crippen molar-refractivity contribution in [2.24, 2.45) is 0 Å². The van der Waals surface area contributed by atoms with Crippen molar-refractivity contribution in [1.29, 1.82) is 0 Å². The molecule has 0 aliphatic rings. The Balaban J connectivity index is 3.18. The maximum Gasteiger partial charge on any atom is 0.337 e. The van der Waals surface area contributed by atoms with Crippen LogP contribution in [0, 0.1) is 0 Å². The fourth-order valence-corrected chi connectivity index (χ4v) is 1.73. The maximum atomic E-state index is 11.7. The zero-order valence-corrected chi connectivity index (χ0v) is 11.1. The quantitative estimate of drug-likeness (QED) is 0.490. The van der Waals surface area contributed by atoms with E-state index in [0.717, 1.165) is 0 Å². The third kappa shape index (κ3) is 2.83. The molecule has 86 valence electrons. The van der Waals surface area contributed by atoms with Crippen LogP contribution < -0.4 is 0 Å². The van der Waals surface area contributed by atoms with E-state index in [1.807, 2.05) is 0 Å². The molecule has 0 fully saturated rings. The SMILES string of the molecule is COC(=O)c1ccc(Br)c(C(=O)C(C)Cl)c1. The zero-order chi connectivity index (χ0) is 12.3. The number of hydrogen-bond donors (Lipinski definition) is 0. The first-order chi connectivity index (χ1) is 7.47. The molecule has 0 saturated carbocycles. The highest BCUT2D eigenvalue weighted by Gasteiger charge is 2.17. The summed E-state index contributed by atoms with van der Waals surface area (Å²) in [5.74, 6) is -0.719. The highest BCUT2D eigenvalue weighted by molar-refractivity contribution is 9.10. The molecule has 0 saturated heterocycles. The fourth-order valence-electron chi connectivity index (χ4n) is 1.17. The minimum Gasteiger partial charge on any atom is -0.465 e. The van der Waals surface area contributed by atoms with Crippen LogP contribution in [0.5, 0.6) is 0 Å². The second kappa shape index (κ2) is 5.46. The number of rotatable bonds is 3. The molecule has 1 aromatic carbocycles. The van der Waals surface area contributed by atoms with Gasteiger partial charge in [0.05, 0.1) is 18.1 Å². The molecular weight excluding hydrogens is 295 g/mol. The third-order valence-corrected chi connectivity index (χ3v) is 2.90. The van der Waals surface area contributed by atoms with Crippen LogP contribution in [0.1, 0.15) is 27.6 Å². The first-order valence-electron chi connectivity index (χ1n) is 4.53. The molecule has 0 amide bonds. The predicted molar refractivity (Wildman–Crippen MR) is 65.1 cm³/mol. The van der Waals surface area contributed by atoms with Gasteiger partial charge in [-0.1, -0.05) is 15.9 Å². The van der Waals surface area contributed by atoms with Crippen LogP contribution in [0.15, 0.2) is 22.7 Å². The number of Topliss-reactive ketones (excluding diaryl/α,β-unsaturated/α-hetero) is 1. The van der Waals surface area contributed by atoms with Crippen molar-refractivity contribution in [3.8, 4) is 0 Å². The Morgan fingerprint density at radius 1 is 1.44 bits per heavy atom. The average molecular weight is 306 g/mol. The first kappa shape index (κ1) is 13.2. The van der Waals surface area contributed by atoms with Gasteiger partial charge in [0.25, 0.3) is 0 Å². The van der Waals surface area contributed by atoms with Crippen molar-refractivity contribution in [3.05, 3.63) is 33.8 Å². The molecule has 0 N–H and O–H groups in total. The number of hydrogen-bond acceptors (Lipinski definition) is 3. The molecule has 1 aromatic rings. The van der Waals surface area contributed by atoms with Gasteiger partial charge in [-0.15, -0.1) is 11.6 Å². The lowest BCUT2D eigenvalue weighted by Gasteiger charge is -2.07. The Hall–Kier alpha value is -0.870. The van der Waals surface area contributed by atoms with Gasteiger partial charge in [0, 0.05) is 10.0 Å². The monoisotopic (exact) mass is 304 g/mol. The van der Waals surface area contributed by atoms with E-state index < -0.39 is 11.3 Å². The summed E-state index contributed by atoms with van der Waals surface area (Å²) in [6.45, 7) is 1.58. The second-order valence-corrected chi connectivity index (χ2v) is 4.68. The molecule has 0 aromatic heterocycles. The molecule has 0 radical (unpaired) electrons. The van der Waals surface area contributed by atoms with Gasteiger partial charge >= 0.3 is 5.97 Å². The van der Waals surface area contributed by atoms with Crippen LogP contribution in [-0.4, -0.2) is 24.2 Å². The normalized spacial score (nSPS) is 12.0. The summed E-state index contributed by atoms with van der Waals surface area (Å²) in [6.07, 6.45) is 0. The lowest BCUT2D eigenvalue weighted by Crippen LogP contribution is -2.12. The lowest BCUT2D eigenvalue weighted by molar-refractivity contribution is 0.0600. The van der Waals surface area contributed by atoms with Gasteiger partial charge < -0.3 is 4.74 Å². The third-order valence-electron chi connectivity index (χ3n) is 2.01.